The molecule has 0 fully saturated rings. The monoisotopic (exact) mass is 127 g/mol. The minimum Gasteiger partial charge on any atom is -0.556 e. The fourth-order valence-electron chi connectivity index (χ4n) is 0.373. The van der Waals surface area contributed by atoms with Gasteiger partial charge in [-0.25, -0.2) is 0 Å². The van der Waals surface area contributed by atoms with Crippen molar-refractivity contribution in [3.05, 3.63) is 0 Å². The van der Waals surface area contributed by atoms with Gasteiger partial charge in [0.2, 0.25) is 0 Å². The predicted molar refractivity (Wildman–Crippen MR) is 39.7 cm³/mol. The van der Waals surface area contributed by atoms with E-state index in [1.807, 2.05) is 0 Å². The van der Waals surface area contributed by atoms with Crippen LogP contribution < -0.4 is 5.73 Å². The molecule has 0 unspecified atom stereocenters. The van der Waals surface area contributed by atoms with Gasteiger partial charge in [-0.3, -0.25) is 4.99 Å². The molecule has 0 amide bonds. The van der Waals surface area contributed by atoms with E-state index in [9.17, 15) is 0 Å². The van der Waals surface area contributed by atoms with Gasteiger partial charge in [0.25, 0.3) is 0 Å². The van der Waals surface area contributed by atoms with Gasteiger partial charge in [0.05, 0.1) is 0 Å². The second kappa shape index (κ2) is 7.49. The van der Waals surface area contributed by atoms with Crippen molar-refractivity contribution in [1.82, 2.24) is 0 Å². The van der Waals surface area contributed by atoms with Crippen molar-refractivity contribution in [2.24, 2.45) is 10.7 Å². The Kier molecular flexibility index (Phi) is 7.07. The average Bonchev–Trinajstić information content (AvgIpc) is 1.89. The second-order valence-electron chi connectivity index (χ2n) is 1.60. The van der Waals surface area contributed by atoms with Gasteiger partial charge >= 0.3 is 7.48 Å². The fourth-order valence-corrected chi connectivity index (χ4v) is 0.373. The summed E-state index contributed by atoms with van der Waals surface area (Å²) in [5.41, 5.74) is 5.23. The highest BCUT2D eigenvalue weighted by Gasteiger charge is 1.88. The zero-order valence-corrected chi connectivity index (χ0v) is 5.71. The molecule has 0 aliphatic rings. The number of nitrogens with two attached hydrogens (primary N) is 1. The van der Waals surface area contributed by atoms with Gasteiger partial charge in [-0.2, -0.15) is 0 Å². The van der Waals surface area contributed by atoms with E-state index in [1.165, 1.54) is 6.40 Å². The Morgan fingerprint density at radius 3 is 3.11 bits per heavy atom. The minimum absolute atomic E-state index is 0.711. The third-order valence-electron chi connectivity index (χ3n) is 0.789. The molecule has 2 N–H and O–H groups in total. The van der Waals surface area contributed by atoms with E-state index in [0.29, 0.717) is 6.54 Å². The summed E-state index contributed by atoms with van der Waals surface area (Å²) >= 11 is 0. The summed E-state index contributed by atoms with van der Waals surface area (Å²) in [7, 11) is 3.36. The van der Waals surface area contributed by atoms with Crippen LogP contribution in [0.1, 0.15) is 6.42 Å². The molecular weight excluding hydrogens is 115 g/mol. The lowest BCUT2D eigenvalue weighted by Gasteiger charge is -1.93. The molecule has 0 saturated carbocycles. The van der Waals surface area contributed by atoms with Crippen molar-refractivity contribution < 1.29 is 4.65 Å². The van der Waals surface area contributed by atoms with Crippen LogP contribution in [0.25, 0.3) is 0 Å². The third-order valence-corrected chi connectivity index (χ3v) is 0.789. The first-order valence-electron chi connectivity index (χ1n) is 2.99. The van der Waals surface area contributed by atoms with Gasteiger partial charge in [-0.1, -0.05) is 0 Å². The van der Waals surface area contributed by atoms with Gasteiger partial charge in [0, 0.05) is 7.05 Å². The van der Waals surface area contributed by atoms with Gasteiger partial charge < -0.3 is 10.4 Å². The highest BCUT2D eigenvalue weighted by Crippen LogP contribution is 1.83. The quantitative estimate of drug-likeness (QED) is 0.245. The first kappa shape index (κ1) is 8.49. The van der Waals surface area contributed by atoms with E-state index < -0.39 is 0 Å². The summed E-state index contributed by atoms with van der Waals surface area (Å²) in [6, 6.07) is 0. The molecule has 0 bridgehead atoms. The number of aliphatic imine (C=N–C) groups is 1. The molecule has 0 rings (SSSR count). The topological polar surface area (TPSA) is 47.6 Å². The third kappa shape index (κ3) is 7.49. The Bertz CT molecular complexity index is 77.4. The molecule has 0 spiro atoms. The van der Waals surface area contributed by atoms with E-state index in [-0.39, 0.29) is 0 Å². The first-order chi connectivity index (χ1) is 4.41. The lowest BCUT2D eigenvalue weighted by atomic mass is 9.93. The maximum Gasteiger partial charge on any atom is 0.371 e. The van der Waals surface area contributed by atoms with E-state index >= 15 is 0 Å². The average molecular weight is 127 g/mol. The van der Waals surface area contributed by atoms with Crippen molar-refractivity contribution >= 4 is 13.9 Å². The highest BCUT2D eigenvalue weighted by atomic mass is 16.4. The van der Waals surface area contributed by atoms with Crippen molar-refractivity contribution in [2.75, 3.05) is 13.6 Å². The molecule has 0 saturated heterocycles. The van der Waals surface area contributed by atoms with Crippen LogP contribution in [0.4, 0.5) is 0 Å². The van der Waals surface area contributed by atoms with E-state index in [2.05, 4.69) is 4.99 Å². The Balaban J connectivity index is 2.75. The van der Waals surface area contributed by atoms with Crippen LogP contribution in [0.2, 0.25) is 6.32 Å². The number of hydrogen-bond donors (Lipinski definition) is 1. The van der Waals surface area contributed by atoms with Crippen LogP contribution in [-0.4, -0.2) is 27.5 Å². The van der Waals surface area contributed by atoms with Crippen molar-refractivity contribution in [1.29, 1.82) is 0 Å². The predicted octanol–water partition coefficient (Wildman–Crippen LogP) is 0.0474. The molecule has 0 aromatic rings. The van der Waals surface area contributed by atoms with Crippen LogP contribution in [0.5, 0.6) is 0 Å². The zero-order valence-electron chi connectivity index (χ0n) is 5.71. The van der Waals surface area contributed by atoms with E-state index in [4.69, 9.17) is 10.4 Å². The smallest absolute Gasteiger partial charge is 0.371 e. The largest absolute Gasteiger partial charge is 0.556 e. The summed E-state index contributed by atoms with van der Waals surface area (Å²) in [4.78, 5) is 3.62. The molecule has 0 atom stereocenters. The molecule has 0 aromatic heterocycles. The van der Waals surface area contributed by atoms with E-state index in [0.717, 1.165) is 12.7 Å². The molecule has 9 heavy (non-hydrogen) atoms. The van der Waals surface area contributed by atoms with Crippen LogP contribution in [-0.2, 0) is 4.65 Å². The number of hydrogen-bond acceptors (Lipinski definition) is 3. The first-order valence-corrected chi connectivity index (χ1v) is 2.99. The standard InChI is InChI=1S/C5H12BN2O/c1-8-5-9-6-3-2-4-7/h5H,2-4,7H2,1H3. The van der Waals surface area contributed by atoms with Crippen LogP contribution in [0, 0.1) is 0 Å². The zero-order chi connectivity index (χ0) is 6.95. The summed E-state index contributed by atoms with van der Waals surface area (Å²) < 4.78 is 4.81. The lowest BCUT2D eigenvalue weighted by molar-refractivity contribution is 0.608. The van der Waals surface area contributed by atoms with E-state index in [1.54, 1.807) is 14.5 Å². The molecule has 51 valence electrons. The molecule has 0 heterocycles. The molecule has 0 aliphatic carbocycles. The van der Waals surface area contributed by atoms with Gasteiger partial charge in [-0.05, 0) is 19.3 Å². The van der Waals surface area contributed by atoms with Crippen LogP contribution in [0.3, 0.4) is 0 Å². The molecule has 4 heteroatoms. The van der Waals surface area contributed by atoms with Crippen molar-refractivity contribution in [2.45, 2.75) is 12.7 Å². The van der Waals surface area contributed by atoms with Crippen LogP contribution in [0.15, 0.2) is 4.99 Å². The lowest BCUT2D eigenvalue weighted by Crippen LogP contribution is -2.02. The van der Waals surface area contributed by atoms with Gasteiger partial charge in [0.1, 0.15) is 6.40 Å². The number of rotatable bonds is 5. The maximum atomic E-state index is 5.23. The maximum absolute atomic E-state index is 5.23. The Morgan fingerprint density at radius 1 is 1.78 bits per heavy atom. The summed E-state index contributed by atoms with van der Waals surface area (Å²) in [6.07, 6.45) is 3.26. The SMILES string of the molecule is CN=CO[B]CCCN. The molecule has 0 aliphatic heterocycles. The second-order valence-corrected chi connectivity index (χ2v) is 1.60. The van der Waals surface area contributed by atoms with Crippen molar-refractivity contribution in [3.63, 3.8) is 0 Å². The minimum atomic E-state index is 0.711. The summed E-state index contributed by atoms with van der Waals surface area (Å²) in [5, 5.41) is 0. The molecule has 1 radical (unpaired) electrons. The van der Waals surface area contributed by atoms with Gasteiger partial charge in [0.15, 0.2) is 0 Å². The molecule has 0 aromatic carbocycles. The summed E-state index contributed by atoms with van der Waals surface area (Å²) in [6.45, 7) is 0.711. The molecular formula is C5H12BN2O. The molecule has 3 nitrogen and oxygen atoms in total. The Hall–Kier alpha value is -0.505. The highest BCUT2D eigenvalue weighted by molar-refractivity contribution is 6.29. The van der Waals surface area contributed by atoms with Gasteiger partial charge in [-0.15, -0.1) is 0 Å². The fraction of sp³-hybridized carbons (Fsp3) is 0.800. The Morgan fingerprint density at radius 2 is 2.56 bits per heavy atom. The number of nitrogens with zero attached hydrogens (tertiary/aromatic N) is 1. The normalized spacial score (nSPS) is 10.0. The summed E-state index contributed by atoms with van der Waals surface area (Å²) in [5.74, 6) is 0. The van der Waals surface area contributed by atoms with Crippen molar-refractivity contribution in [3.8, 4) is 0 Å². The Labute approximate surface area is 56.6 Å². The van der Waals surface area contributed by atoms with Crippen LogP contribution >= 0.6 is 0 Å².